The Kier molecular flexibility index (Phi) is 4.02. The van der Waals surface area contributed by atoms with Crippen molar-refractivity contribution >= 4 is 22.2 Å². The van der Waals surface area contributed by atoms with E-state index in [1.54, 1.807) is 11.3 Å². The van der Waals surface area contributed by atoms with Crippen LogP contribution in [0, 0.1) is 11.3 Å². The van der Waals surface area contributed by atoms with Crippen LogP contribution in [0.25, 0.3) is 4.96 Å². The molecule has 1 fully saturated rings. The van der Waals surface area contributed by atoms with Crippen LogP contribution in [0.1, 0.15) is 24.1 Å². The summed E-state index contributed by atoms with van der Waals surface area (Å²) in [5, 5.41) is 11.7. The van der Waals surface area contributed by atoms with Gasteiger partial charge in [-0.05, 0) is 18.4 Å². The number of rotatable bonds is 3. The molecule has 126 valence electrons. The summed E-state index contributed by atoms with van der Waals surface area (Å²) in [6, 6.07) is 12.4. The van der Waals surface area contributed by atoms with Crippen LogP contribution in [0.2, 0.25) is 0 Å². The fourth-order valence-electron chi connectivity index (χ4n) is 3.49. The number of nitriles is 1. The number of benzene rings is 1. The maximum absolute atomic E-state index is 12.6. The van der Waals surface area contributed by atoms with Crippen LogP contribution >= 0.6 is 11.3 Å². The number of imidazole rings is 1. The van der Waals surface area contributed by atoms with Crippen molar-refractivity contribution in [1.29, 1.82) is 5.26 Å². The zero-order chi connectivity index (χ0) is 17.3. The van der Waals surface area contributed by atoms with Crippen molar-refractivity contribution < 1.29 is 4.79 Å². The van der Waals surface area contributed by atoms with E-state index in [2.05, 4.69) is 11.1 Å². The number of likely N-dealkylation sites (tertiary alicyclic amines) is 1. The predicted molar refractivity (Wildman–Crippen MR) is 96.3 cm³/mol. The van der Waals surface area contributed by atoms with Crippen molar-refractivity contribution in [2.45, 2.75) is 24.7 Å². The lowest BCUT2D eigenvalue weighted by atomic mass is 9.74. The Labute approximate surface area is 150 Å². The lowest BCUT2D eigenvalue weighted by Crippen LogP contribution is -2.45. The van der Waals surface area contributed by atoms with Crippen LogP contribution in [-0.4, -0.2) is 33.3 Å². The summed E-state index contributed by atoms with van der Waals surface area (Å²) in [5.74, 6) is 0.0883. The minimum atomic E-state index is -0.477. The Bertz CT molecular complexity index is 901. The van der Waals surface area contributed by atoms with Crippen LogP contribution < -0.4 is 0 Å². The summed E-state index contributed by atoms with van der Waals surface area (Å²) in [7, 11) is 0. The minimum absolute atomic E-state index is 0.0883. The molecule has 0 unspecified atom stereocenters. The molecule has 1 aromatic carbocycles. The van der Waals surface area contributed by atoms with E-state index >= 15 is 0 Å². The summed E-state index contributed by atoms with van der Waals surface area (Å²) >= 11 is 1.56. The van der Waals surface area contributed by atoms with E-state index in [1.807, 2.05) is 57.4 Å². The summed E-state index contributed by atoms with van der Waals surface area (Å²) in [6.45, 7) is 1.23. The molecule has 4 rings (SSSR count). The molecule has 0 radical (unpaired) electrons. The van der Waals surface area contributed by atoms with E-state index in [0.29, 0.717) is 32.4 Å². The lowest BCUT2D eigenvalue weighted by molar-refractivity contribution is -0.131. The second kappa shape index (κ2) is 6.34. The summed E-state index contributed by atoms with van der Waals surface area (Å²) in [6.07, 6.45) is 5.54. The first-order valence-electron chi connectivity index (χ1n) is 8.36. The SMILES string of the molecule is N#CC1(c2ccccc2)CCN(C(=O)Cc2cn3ccsc3n2)CC1. The first-order chi connectivity index (χ1) is 12.2. The molecule has 1 saturated heterocycles. The fourth-order valence-corrected chi connectivity index (χ4v) is 4.21. The van der Waals surface area contributed by atoms with E-state index in [1.165, 1.54) is 0 Å². The molecule has 0 N–H and O–H groups in total. The number of hydrogen-bond acceptors (Lipinski definition) is 4. The number of hydrogen-bond donors (Lipinski definition) is 0. The van der Waals surface area contributed by atoms with Crippen molar-refractivity contribution in [3.63, 3.8) is 0 Å². The molecule has 25 heavy (non-hydrogen) atoms. The average molecular weight is 350 g/mol. The molecular weight excluding hydrogens is 332 g/mol. The van der Waals surface area contributed by atoms with Crippen LogP contribution in [0.3, 0.4) is 0 Å². The van der Waals surface area contributed by atoms with E-state index in [0.717, 1.165) is 16.2 Å². The van der Waals surface area contributed by atoms with Gasteiger partial charge in [-0.3, -0.25) is 9.20 Å². The van der Waals surface area contributed by atoms with Crippen molar-refractivity contribution in [2.75, 3.05) is 13.1 Å². The molecule has 0 atom stereocenters. The van der Waals surface area contributed by atoms with Crippen molar-refractivity contribution in [3.05, 3.63) is 59.4 Å². The zero-order valence-corrected chi connectivity index (χ0v) is 14.6. The minimum Gasteiger partial charge on any atom is -0.342 e. The quantitative estimate of drug-likeness (QED) is 0.729. The van der Waals surface area contributed by atoms with Crippen LogP contribution in [-0.2, 0) is 16.6 Å². The molecular formula is C19H18N4OS. The van der Waals surface area contributed by atoms with E-state index in [-0.39, 0.29) is 5.91 Å². The van der Waals surface area contributed by atoms with Gasteiger partial charge in [0, 0.05) is 30.9 Å². The highest BCUT2D eigenvalue weighted by Crippen LogP contribution is 2.35. The average Bonchev–Trinajstić information content (AvgIpc) is 3.24. The number of nitrogens with zero attached hydrogens (tertiary/aromatic N) is 4. The van der Waals surface area contributed by atoms with Crippen molar-refractivity contribution in [1.82, 2.24) is 14.3 Å². The lowest BCUT2D eigenvalue weighted by Gasteiger charge is -2.37. The van der Waals surface area contributed by atoms with Gasteiger partial charge in [-0.15, -0.1) is 11.3 Å². The molecule has 1 aliphatic rings. The first-order valence-corrected chi connectivity index (χ1v) is 9.24. The van der Waals surface area contributed by atoms with E-state index in [9.17, 15) is 10.1 Å². The van der Waals surface area contributed by atoms with E-state index in [4.69, 9.17) is 0 Å². The summed E-state index contributed by atoms with van der Waals surface area (Å²) < 4.78 is 1.94. The molecule has 0 saturated carbocycles. The number of thiazole rings is 1. The molecule has 0 spiro atoms. The van der Waals surface area contributed by atoms with Crippen molar-refractivity contribution in [3.8, 4) is 6.07 Å². The smallest absolute Gasteiger partial charge is 0.228 e. The second-order valence-electron chi connectivity index (χ2n) is 6.44. The number of carbonyl (C=O) groups is 1. The third kappa shape index (κ3) is 2.92. The van der Waals surface area contributed by atoms with Crippen molar-refractivity contribution in [2.24, 2.45) is 0 Å². The van der Waals surface area contributed by atoms with Gasteiger partial charge in [0.05, 0.1) is 23.6 Å². The van der Waals surface area contributed by atoms with Gasteiger partial charge in [0.25, 0.3) is 0 Å². The molecule has 3 aromatic rings. The monoisotopic (exact) mass is 350 g/mol. The van der Waals surface area contributed by atoms with Gasteiger partial charge in [0.1, 0.15) is 0 Å². The highest BCUT2D eigenvalue weighted by Gasteiger charge is 2.37. The van der Waals surface area contributed by atoms with Crippen LogP contribution in [0.15, 0.2) is 48.1 Å². The Morgan fingerprint density at radius 2 is 2.04 bits per heavy atom. The third-order valence-electron chi connectivity index (χ3n) is 4.99. The number of amides is 1. The first kappa shape index (κ1) is 15.9. The third-order valence-corrected chi connectivity index (χ3v) is 5.76. The van der Waals surface area contributed by atoms with Gasteiger partial charge >= 0.3 is 0 Å². The second-order valence-corrected chi connectivity index (χ2v) is 7.32. The largest absolute Gasteiger partial charge is 0.342 e. The number of piperidine rings is 1. The molecule has 3 heterocycles. The maximum Gasteiger partial charge on any atom is 0.228 e. The number of fused-ring (bicyclic) bond motifs is 1. The van der Waals surface area contributed by atoms with Gasteiger partial charge in [-0.2, -0.15) is 5.26 Å². The highest BCUT2D eigenvalue weighted by atomic mass is 32.1. The molecule has 1 amide bonds. The van der Waals surface area contributed by atoms with Gasteiger partial charge in [0.2, 0.25) is 5.91 Å². The Hall–Kier alpha value is -2.65. The Balaban J connectivity index is 1.43. The Morgan fingerprint density at radius 3 is 2.72 bits per heavy atom. The molecule has 6 heteroatoms. The van der Waals surface area contributed by atoms with E-state index < -0.39 is 5.41 Å². The van der Waals surface area contributed by atoms with Gasteiger partial charge in [0.15, 0.2) is 4.96 Å². The standard InChI is InChI=1S/C19H18N4OS/c20-14-19(15-4-2-1-3-5-15)6-8-22(9-7-19)17(24)12-16-13-23-10-11-25-18(23)21-16/h1-5,10-11,13H,6-9,12H2. The van der Waals surface area contributed by atoms with Crippen LogP contribution in [0.5, 0.6) is 0 Å². The highest BCUT2D eigenvalue weighted by molar-refractivity contribution is 7.15. The van der Waals surface area contributed by atoms with Crippen LogP contribution in [0.4, 0.5) is 0 Å². The summed E-state index contributed by atoms with van der Waals surface area (Å²) in [5.41, 5.74) is 1.38. The van der Waals surface area contributed by atoms with Gasteiger partial charge < -0.3 is 4.90 Å². The number of carbonyl (C=O) groups excluding carboxylic acids is 1. The molecule has 1 aliphatic heterocycles. The number of aromatic nitrogens is 2. The fraction of sp³-hybridized carbons (Fsp3) is 0.316. The molecule has 0 bridgehead atoms. The van der Waals surface area contributed by atoms with Gasteiger partial charge in [-0.1, -0.05) is 30.3 Å². The Morgan fingerprint density at radius 1 is 1.28 bits per heavy atom. The van der Waals surface area contributed by atoms with Gasteiger partial charge in [-0.25, -0.2) is 4.98 Å². The molecule has 0 aliphatic carbocycles. The molecule has 5 nitrogen and oxygen atoms in total. The normalized spacial score (nSPS) is 16.7. The summed E-state index contributed by atoms with van der Waals surface area (Å²) in [4.78, 5) is 19.9. The molecule has 2 aromatic heterocycles. The maximum atomic E-state index is 12.6. The topological polar surface area (TPSA) is 61.4 Å². The predicted octanol–water partition coefficient (Wildman–Crippen LogP) is 3.02. The zero-order valence-electron chi connectivity index (χ0n) is 13.8.